The zero-order valence-electron chi connectivity index (χ0n) is 12.6. The molecule has 114 valence electrons. The highest BCUT2D eigenvalue weighted by molar-refractivity contribution is 9.10. The van der Waals surface area contributed by atoms with Crippen LogP contribution in [0.5, 0.6) is 5.75 Å². The van der Waals surface area contributed by atoms with Crippen molar-refractivity contribution < 1.29 is 4.74 Å². The first kappa shape index (κ1) is 16.0. The van der Waals surface area contributed by atoms with Crippen LogP contribution in [0, 0.1) is 6.92 Å². The standard InChI is InChI=1S/C15H21BrN4O/c1-4-8-20-15(13(21-3)9-18-20)14(19-17)11-6-5-7-12(16)10(11)2/h5-7,9,14,19H,4,8,17H2,1-3H3. The minimum atomic E-state index is -0.175. The van der Waals surface area contributed by atoms with Crippen LogP contribution in [0.1, 0.15) is 36.2 Å². The van der Waals surface area contributed by atoms with Crippen molar-refractivity contribution in [3.8, 4) is 5.75 Å². The van der Waals surface area contributed by atoms with Crippen molar-refractivity contribution >= 4 is 15.9 Å². The zero-order chi connectivity index (χ0) is 15.4. The van der Waals surface area contributed by atoms with E-state index in [0.717, 1.165) is 40.0 Å². The fourth-order valence-electron chi connectivity index (χ4n) is 2.47. The molecule has 0 saturated carbocycles. The van der Waals surface area contributed by atoms with Crippen molar-refractivity contribution in [2.75, 3.05) is 7.11 Å². The molecule has 0 saturated heterocycles. The van der Waals surface area contributed by atoms with Crippen molar-refractivity contribution in [2.45, 2.75) is 32.9 Å². The normalized spacial score (nSPS) is 12.4. The summed E-state index contributed by atoms with van der Waals surface area (Å²) in [6.45, 7) is 5.01. The average Bonchev–Trinajstić information content (AvgIpc) is 2.88. The van der Waals surface area contributed by atoms with E-state index in [-0.39, 0.29) is 6.04 Å². The first-order chi connectivity index (χ1) is 10.1. The van der Waals surface area contributed by atoms with Gasteiger partial charge in [0.2, 0.25) is 0 Å². The Morgan fingerprint density at radius 2 is 2.24 bits per heavy atom. The summed E-state index contributed by atoms with van der Waals surface area (Å²) in [6.07, 6.45) is 2.73. The summed E-state index contributed by atoms with van der Waals surface area (Å²) in [5, 5.41) is 4.41. The average molecular weight is 353 g/mol. The van der Waals surface area contributed by atoms with Crippen molar-refractivity contribution in [3.63, 3.8) is 0 Å². The van der Waals surface area contributed by atoms with Crippen LogP contribution in [0.2, 0.25) is 0 Å². The number of benzene rings is 1. The van der Waals surface area contributed by atoms with Crippen LogP contribution < -0.4 is 16.0 Å². The van der Waals surface area contributed by atoms with Crippen LogP contribution in [-0.2, 0) is 6.54 Å². The molecule has 0 bridgehead atoms. The van der Waals surface area contributed by atoms with Crippen LogP contribution in [0.25, 0.3) is 0 Å². The molecule has 0 amide bonds. The maximum Gasteiger partial charge on any atom is 0.161 e. The van der Waals surface area contributed by atoms with E-state index in [1.54, 1.807) is 13.3 Å². The summed E-state index contributed by atoms with van der Waals surface area (Å²) in [4.78, 5) is 0. The maximum absolute atomic E-state index is 5.84. The Bertz CT molecular complexity index is 612. The molecule has 0 aliphatic heterocycles. The lowest BCUT2D eigenvalue weighted by atomic mass is 9.98. The fourth-order valence-corrected chi connectivity index (χ4v) is 2.85. The van der Waals surface area contributed by atoms with Gasteiger partial charge in [-0.25, -0.2) is 5.43 Å². The first-order valence-corrected chi connectivity index (χ1v) is 7.74. The lowest BCUT2D eigenvalue weighted by molar-refractivity contribution is 0.398. The van der Waals surface area contributed by atoms with Gasteiger partial charge >= 0.3 is 0 Å². The van der Waals surface area contributed by atoms with E-state index < -0.39 is 0 Å². The predicted octanol–water partition coefficient (Wildman–Crippen LogP) is 2.93. The smallest absolute Gasteiger partial charge is 0.161 e. The topological polar surface area (TPSA) is 65.1 Å². The molecule has 0 fully saturated rings. The lowest BCUT2D eigenvalue weighted by Gasteiger charge is -2.21. The molecule has 5 nitrogen and oxygen atoms in total. The Morgan fingerprint density at radius 1 is 1.48 bits per heavy atom. The molecule has 1 unspecified atom stereocenters. The van der Waals surface area contributed by atoms with Gasteiger partial charge in [-0.2, -0.15) is 5.10 Å². The Kier molecular flexibility index (Phi) is 5.39. The number of nitrogens with two attached hydrogens (primary N) is 1. The quantitative estimate of drug-likeness (QED) is 0.619. The van der Waals surface area contributed by atoms with E-state index in [1.807, 2.05) is 16.8 Å². The van der Waals surface area contributed by atoms with Crippen LogP contribution >= 0.6 is 15.9 Å². The molecule has 1 aromatic heterocycles. The van der Waals surface area contributed by atoms with Gasteiger partial charge in [-0.15, -0.1) is 0 Å². The molecule has 6 heteroatoms. The molecule has 0 aliphatic carbocycles. The number of ether oxygens (including phenoxy) is 1. The molecular formula is C15H21BrN4O. The van der Waals surface area contributed by atoms with Gasteiger partial charge in [-0.1, -0.05) is 35.0 Å². The molecule has 1 aromatic carbocycles. The molecular weight excluding hydrogens is 332 g/mol. The van der Waals surface area contributed by atoms with E-state index in [9.17, 15) is 0 Å². The molecule has 0 spiro atoms. The van der Waals surface area contributed by atoms with E-state index in [0.29, 0.717) is 0 Å². The summed E-state index contributed by atoms with van der Waals surface area (Å²) in [5.74, 6) is 6.58. The number of nitrogens with zero attached hydrogens (tertiary/aromatic N) is 2. The summed E-state index contributed by atoms with van der Waals surface area (Å²) >= 11 is 3.57. The van der Waals surface area contributed by atoms with Crippen molar-refractivity contribution in [3.05, 3.63) is 45.7 Å². The highest BCUT2D eigenvalue weighted by atomic mass is 79.9. The fraction of sp³-hybridized carbons (Fsp3) is 0.400. The molecule has 1 heterocycles. The highest BCUT2D eigenvalue weighted by Crippen LogP contribution is 2.33. The van der Waals surface area contributed by atoms with Gasteiger partial charge < -0.3 is 4.74 Å². The number of aryl methyl sites for hydroxylation is 1. The second kappa shape index (κ2) is 7.06. The minimum absolute atomic E-state index is 0.175. The molecule has 2 rings (SSSR count). The van der Waals surface area contributed by atoms with Gasteiger partial charge in [0.1, 0.15) is 5.69 Å². The predicted molar refractivity (Wildman–Crippen MR) is 87.1 cm³/mol. The highest BCUT2D eigenvalue weighted by Gasteiger charge is 2.24. The minimum Gasteiger partial charge on any atom is -0.493 e. The number of hydrogen-bond donors (Lipinski definition) is 2. The maximum atomic E-state index is 5.84. The van der Waals surface area contributed by atoms with E-state index in [4.69, 9.17) is 10.6 Å². The Morgan fingerprint density at radius 3 is 2.86 bits per heavy atom. The van der Waals surface area contributed by atoms with Crippen LogP contribution in [0.3, 0.4) is 0 Å². The monoisotopic (exact) mass is 352 g/mol. The van der Waals surface area contributed by atoms with Gasteiger partial charge in [0.25, 0.3) is 0 Å². The Hall–Kier alpha value is -1.37. The Labute approximate surface area is 133 Å². The van der Waals surface area contributed by atoms with Gasteiger partial charge in [0, 0.05) is 11.0 Å². The van der Waals surface area contributed by atoms with Gasteiger partial charge in [0.05, 0.1) is 19.3 Å². The van der Waals surface area contributed by atoms with Crippen molar-refractivity contribution in [1.29, 1.82) is 0 Å². The van der Waals surface area contributed by atoms with Crippen LogP contribution in [0.4, 0.5) is 0 Å². The van der Waals surface area contributed by atoms with Crippen molar-refractivity contribution in [2.24, 2.45) is 5.84 Å². The van der Waals surface area contributed by atoms with E-state index >= 15 is 0 Å². The molecule has 2 aromatic rings. The summed E-state index contributed by atoms with van der Waals surface area (Å²) in [5.41, 5.74) is 6.09. The molecule has 0 aliphatic rings. The van der Waals surface area contributed by atoms with Crippen LogP contribution in [0.15, 0.2) is 28.9 Å². The van der Waals surface area contributed by atoms with Gasteiger partial charge in [-0.3, -0.25) is 10.5 Å². The number of methoxy groups -OCH3 is 1. The second-order valence-electron chi connectivity index (χ2n) is 4.88. The van der Waals surface area contributed by atoms with E-state index in [1.165, 1.54) is 0 Å². The third-order valence-corrected chi connectivity index (χ3v) is 4.42. The molecule has 3 N–H and O–H groups in total. The Balaban J connectivity index is 2.55. The van der Waals surface area contributed by atoms with Crippen molar-refractivity contribution in [1.82, 2.24) is 15.2 Å². The van der Waals surface area contributed by atoms with Gasteiger partial charge in [-0.05, 0) is 30.5 Å². The molecule has 1 atom stereocenters. The van der Waals surface area contributed by atoms with Crippen LogP contribution in [-0.4, -0.2) is 16.9 Å². The number of rotatable bonds is 6. The SMILES string of the molecule is CCCn1ncc(OC)c1C(NN)c1cccc(Br)c1C. The zero-order valence-corrected chi connectivity index (χ0v) is 14.1. The largest absolute Gasteiger partial charge is 0.493 e. The summed E-state index contributed by atoms with van der Waals surface area (Å²) in [7, 11) is 1.65. The van der Waals surface area contributed by atoms with E-state index in [2.05, 4.69) is 46.4 Å². The number of halogens is 1. The first-order valence-electron chi connectivity index (χ1n) is 6.94. The number of hydrazine groups is 1. The molecule has 0 radical (unpaired) electrons. The third kappa shape index (κ3) is 3.12. The summed E-state index contributed by atoms with van der Waals surface area (Å²) in [6, 6.07) is 5.91. The second-order valence-corrected chi connectivity index (χ2v) is 5.73. The number of hydrogen-bond acceptors (Lipinski definition) is 4. The number of nitrogens with one attached hydrogen (secondary N) is 1. The third-order valence-electron chi connectivity index (χ3n) is 3.56. The van der Waals surface area contributed by atoms with Gasteiger partial charge in [0.15, 0.2) is 5.75 Å². The molecule has 21 heavy (non-hydrogen) atoms. The number of aromatic nitrogens is 2. The summed E-state index contributed by atoms with van der Waals surface area (Å²) < 4.78 is 8.46. The lowest BCUT2D eigenvalue weighted by Crippen LogP contribution is -2.31.